The first-order chi connectivity index (χ1) is 4.93. The van der Waals surface area contributed by atoms with Crippen molar-refractivity contribution in [1.82, 2.24) is 5.16 Å². The fourth-order valence-electron chi connectivity index (χ4n) is 0.726. The number of rotatable bonds is 0. The van der Waals surface area contributed by atoms with Gasteiger partial charge < -0.3 is 4.52 Å². The van der Waals surface area contributed by atoms with Crippen molar-refractivity contribution in [3.8, 4) is 0 Å². The molecule has 0 amide bonds. The molecule has 11 heavy (non-hydrogen) atoms. The van der Waals surface area contributed by atoms with Crippen LogP contribution < -0.4 is 0 Å². The lowest BCUT2D eigenvalue weighted by molar-refractivity contribution is 0.328. The van der Waals surface area contributed by atoms with Gasteiger partial charge in [-0.3, -0.25) is 0 Å². The summed E-state index contributed by atoms with van der Waals surface area (Å²) in [6.07, 6.45) is 0. The molecular weight excluding hydrogens is 229 g/mol. The zero-order chi connectivity index (χ0) is 8.65. The highest BCUT2D eigenvalue weighted by molar-refractivity contribution is 9.10. The van der Waals surface area contributed by atoms with Crippen molar-refractivity contribution in [3.05, 3.63) is 15.4 Å². The van der Waals surface area contributed by atoms with Gasteiger partial charge >= 0.3 is 0 Å². The van der Waals surface area contributed by atoms with E-state index in [1.54, 1.807) is 0 Å². The lowest BCUT2D eigenvalue weighted by Gasteiger charge is -2.13. The highest BCUT2D eigenvalue weighted by atomic mass is 79.9. The lowest BCUT2D eigenvalue weighted by atomic mass is 9.94. The SMILES string of the molecule is CC(C)(C)c1onc(Cl)c1Br. The van der Waals surface area contributed by atoms with Crippen LogP contribution in [0.25, 0.3) is 0 Å². The van der Waals surface area contributed by atoms with Crippen LogP contribution >= 0.6 is 27.5 Å². The summed E-state index contributed by atoms with van der Waals surface area (Å²) in [4.78, 5) is 0. The largest absolute Gasteiger partial charge is 0.358 e. The maximum atomic E-state index is 5.68. The molecule has 4 heteroatoms. The molecule has 2 nitrogen and oxygen atoms in total. The van der Waals surface area contributed by atoms with Crippen molar-refractivity contribution < 1.29 is 4.52 Å². The molecule has 1 aromatic heterocycles. The quantitative estimate of drug-likeness (QED) is 0.692. The molecule has 0 unspecified atom stereocenters. The summed E-state index contributed by atoms with van der Waals surface area (Å²) < 4.78 is 5.79. The summed E-state index contributed by atoms with van der Waals surface area (Å²) in [6, 6.07) is 0. The molecule has 0 N–H and O–H groups in total. The molecule has 0 aliphatic carbocycles. The van der Waals surface area contributed by atoms with Gasteiger partial charge in [-0.2, -0.15) is 0 Å². The first-order valence-electron chi connectivity index (χ1n) is 3.24. The van der Waals surface area contributed by atoms with Gasteiger partial charge in [0.05, 0.1) is 4.47 Å². The van der Waals surface area contributed by atoms with E-state index in [-0.39, 0.29) is 5.41 Å². The second kappa shape index (κ2) is 2.79. The number of hydrogen-bond acceptors (Lipinski definition) is 2. The zero-order valence-electron chi connectivity index (χ0n) is 6.61. The van der Waals surface area contributed by atoms with E-state index in [1.807, 2.05) is 20.8 Å². The van der Waals surface area contributed by atoms with Crippen LogP contribution in [0, 0.1) is 0 Å². The van der Waals surface area contributed by atoms with Gasteiger partial charge in [-0.05, 0) is 15.9 Å². The van der Waals surface area contributed by atoms with Crippen molar-refractivity contribution in [3.63, 3.8) is 0 Å². The van der Waals surface area contributed by atoms with Gasteiger partial charge in [0, 0.05) is 5.41 Å². The Hall–Kier alpha value is -0.0200. The van der Waals surface area contributed by atoms with E-state index in [0.29, 0.717) is 5.15 Å². The minimum atomic E-state index is -0.0566. The van der Waals surface area contributed by atoms with E-state index in [9.17, 15) is 0 Å². The molecule has 0 aliphatic heterocycles. The zero-order valence-corrected chi connectivity index (χ0v) is 8.95. The molecule has 0 fully saturated rings. The lowest BCUT2D eigenvalue weighted by Crippen LogP contribution is -2.10. The second-order valence-corrected chi connectivity index (χ2v) is 4.52. The van der Waals surface area contributed by atoms with Gasteiger partial charge in [-0.15, -0.1) is 0 Å². The molecule has 1 rings (SSSR count). The Morgan fingerprint density at radius 3 is 2.18 bits per heavy atom. The van der Waals surface area contributed by atoms with Crippen molar-refractivity contribution in [2.45, 2.75) is 26.2 Å². The van der Waals surface area contributed by atoms with Gasteiger partial charge in [-0.25, -0.2) is 0 Å². The summed E-state index contributed by atoms with van der Waals surface area (Å²) in [5.74, 6) is 0.780. The summed E-state index contributed by atoms with van der Waals surface area (Å²) >= 11 is 8.98. The minimum Gasteiger partial charge on any atom is -0.358 e. The molecule has 0 bridgehead atoms. The molecule has 0 saturated heterocycles. The van der Waals surface area contributed by atoms with E-state index in [2.05, 4.69) is 21.1 Å². The maximum absolute atomic E-state index is 5.68. The van der Waals surface area contributed by atoms with E-state index >= 15 is 0 Å². The third kappa shape index (κ3) is 1.76. The Balaban J connectivity index is 3.15. The Labute approximate surface area is 79.0 Å². The van der Waals surface area contributed by atoms with Crippen LogP contribution in [0.1, 0.15) is 26.5 Å². The molecule has 62 valence electrons. The fourth-order valence-corrected chi connectivity index (χ4v) is 1.59. The van der Waals surface area contributed by atoms with Crippen molar-refractivity contribution in [1.29, 1.82) is 0 Å². The molecule has 1 aromatic rings. The van der Waals surface area contributed by atoms with Crippen molar-refractivity contribution >= 4 is 27.5 Å². The Morgan fingerprint density at radius 2 is 2.00 bits per heavy atom. The molecule has 0 aromatic carbocycles. The molecule has 0 saturated carbocycles. The van der Waals surface area contributed by atoms with Crippen LogP contribution in [0.15, 0.2) is 9.00 Å². The Bertz CT molecular complexity index is 264. The van der Waals surface area contributed by atoms with Crippen LogP contribution in [-0.2, 0) is 5.41 Å². The van der Waals surface area contributed by atoms with Gasteiger partial charge in [0.1, 0.15) is 0 Å². The Kier molecular flexibility index (Phi) is 2.30. The van der Waals surface area contributed by atoms with Crippen LogP contribution in [-0.4, -0.2) is 5.16 Å². The average Bonchev–Trinajstić information content (AvgIpc) is 2.11. The smallest absolute Gasteiger partial charge is 0.186 e. The summed E-state index contributed by atoms with van der Waals surface area (Å²) in [5, 5.41) is 4.01. The van der Waals surface area contributed by atoms with Crippen LogP contribution in [0.4, 0.5) is 0 Å². The van der Waals surface area contributed by atoms with Gasteiger partial charge in [0.15, 0.2) is 10.9 Å². The topological polar surface area (TPSA) is 26.0 Å². The third-order valence-corrected chi connectivity index (χ3v) is 2.50. The molecule has 0 radical (unpaired) electrons. The first-order valence-corrected chi connectivity index (χ1v) is 4.41. The van der Waals surface area contributed by atoms with Gasteiger partial charge in [0.2, 0.25) is 0 Å². The molecule has 1 heterocycles. The van der Waals surface area contributed by atoms with E-state index in [4.69, 9.17) is 16.1 Å². The number of halogens is 2. The van der Waals surface area contributed by atoms with Crippen LogP contribution in [0.5, 0.6) is 0 Å². The number of nitrogens with zero attached hydrogens (tertiary/aromatic N) is 1. The molecule has 0 spiro atoms. The number of hydrogen-bond donors (Lipinski definition) is 0. The predicted molar refractivity (Wildman–Crippen MR) is 47.9 cm³/mol. The van der Waals surface area contributed by atoms with Crippen LogP contribution in [0.3, 0.4) is 0 Å². The molecule has 0 atom stereocenters. The predicted octanol–water partition coefficient (Wildman–Crippen LogP) is 3.39. The van der Waals surface area contributed by atoms with Gasteiger partial charge in [0.25, 0.3) is 0 Å². The number of aromatic nitrogens is 1. The molecule has 0 aliphatic rings. The maximum Gasteiger partial charge on any atom is 0.186 e. The summed E-state index contributed by atoms with van der Waals surface area (Å²) in [5.41, 5.74) is -0.0566. The van der Waals surface area contributed by atoms with Crippen LogP contribution in [0.2, 0.25) is 5.15 Å². The highest BCUT2D eigenvalue weighted by Crippen LogP contribution is 2.33. The van der Waals surface area contributed by atoms with E-state index in [0.717, 1.165) is 10.2 Å². The second-order valence-electron chi connectivity index (χ2n) is 3.37. The molecular formula is C7H9BrClNO. The standard InChI is InChI=1S/C7H9BrClNO/c1-7(2,3)5-4(8)6(9)10-11-5/h1-3H3. The first kappa shape index (κ1) is 9.07. The summed E-state index contributed by atoms with van der Waals surface area (Å²) in [7, 11) is 0. The van der Waals surface area contributed by atoms with Crippen molar-refractivity contribution in [2.24, 2.45) is 0 Å². The third-order valence-electron chi connectivity index (χ3n) is 1.28. The van der Waals surface area contributed by atoms with Gasteiger partial charge in [-0.1, -0.05) is 37.5 Å². The Morgan fingerprint density at radius 1 is 1.45 bits per heavy atom. The van der Waals surface area contributed by atoms with E-state index < -0.39 is 0 Å². The monoisotopic (exact) mass is 237 g/mol. The highest BCUT2D eigenvalue weighted by Gasteiger charge is 2.24. The summed E-state index contributed by atoms with van der Waals surface area (Å²) in [6.45, 7) is 6.11. The minimum absolute atomic E-state index is 0.0566. The van der Waals surface area contributed by atoms with Crippen molar-refractivity contribution in [2.75, 3.05) is 0 Å². The normalized spacial score (nSPS) is 12.1. The fraction of sp³-hybridized carbons (Fsp3) is 0.571. The van der Waals surface area contributed by atoms with E-state index in [1.165, 1.54) is 0 Å². The average molecular weight is 239 g/mol.